The molecule has 0 aliphatic heterocycles. The minimum Gasteiger partial charge on any atom is -0.352 e. The molecule has 0 saturated heterocycles. The molecule has 0 bridgehead atoms. The van der Waals surface area contributed by atoms with E-state index in [1.165, 1.54) is 4.90 Å². The molecule has 2 amide bonds. The van der Waals surface area contributed by atoms with Crippen LogP contribution in [0.3, 0.4) is 0 Å². The fraction of sp³-hybridized carbons (Fsp3) is 0.417. The first-order valence-corrected chi connectivity index (χ1v) is 13.5. The van der Waals surface area contributed by atoms with Crippen LogP contribution in [-0.2, 0) is 26.2 Å². The Morgan fingerprint density at radius 2 is 1.65 bits per heavy atom. The number of halogens is 2. The Morgan fingerprint density at radius 1 is 1.03 bits per heavy atom. The lowest BCUT2D eigenvalue weighted by atomic mass is 10.1. The Hall–Kier alpha value is -2.29. The van der Waals surface area contributed by atoms with Crippen molar-refractivity contribution in [1.29, 1.82) is 0 Å². The number of benzene rings is 2. The lowest BCUT2D eigenvalue weighted by Gasteiger charge is -2.33. The van der Waals surface area contributed by atoms with Crippen molar-refractivity contribution >= 4 is 50.7 Å². The lowest BCUT2D eigenvalue weighted by Crippen LogP contribution is -2.53. The maximum absolute atomic E-state index is 13.6. The van der Waals surface area contributed by atoms with E-state index in [0.29, 0.717) is 33.3 Å². The van der Waals surface area contributed by atoms with Gasteiger partial charge in [0.05, 0.1) is 11.9 Å². The van der Waals surface area contributed by atoms with E-state index in [-0.39, 0.29) is 18.5 Å². The van der Waals surface area contributed by atoms with E-state index in [0.717, 1.165) is 10.6 Å². The molecule has 2 aromatic rings. The van der Waals surface area contributed by atoms with E-state index in [1.54, 1.807) is 56.3 Å². The third-order valence-electron chi connectivity index (χ3n) is 5.30. The summed E-state index contributed by atoms with van der Waals surface area (Å²) in [6.07, 6.45) is 1.37. The number of anilines is 1. The Balaban J connectivity index is 2.50. The molecule has 0 aromatic heterocycles. The topological polar surface area (TPSA) is 86.8 Å². The summed E-state index contributed by atoms with van der Waals surface area (Å²) in [5.41, 5.74) is 1.49. The van der Waals surface area contributed by atoms with Crippen molar-refractivity contribution in [3.63, 3.8) is 0 Å². The molecule has 1 N–H and O–H groups in total. The van der Waals surface area contributed by atoms with Gasteiger partial charge in [0.25, 0.3) is 0 Å². The predicted octanol–water partition coefficient (Wildman–Crippen LogP) is 4.40. The molecule has 0 radical (unpaired) electrons. The third kappa shape index (κ3) is 7.10. The number of rotatable bonds is 10. The van der Waals surface area contributed by atoms with Crippen molar-refractivity contribution in [2.75, 3.05) is 17.1 Å². The second-order valence-corrected chi connectivity index (χ2v) is 11.1. The summed E-state index contributed by atoms with van der Waals surface area (Å²) in [6, 6.07) is 11.0. The van der Waals surface area contributed by atoms with Crippen LogP contribution >= 0.6 is 23.2 Å². The highest BCUT2D eigenvalue weighted by molar-refractivity contribution is 7.92. The van der Waals surface area contributed by atoms with Crippen LogP contribution in [0.2, 0.25) is 10.0 Å². The molecule has 10 heteroatoms. The maximum Gasteiger partial charge on any atom is 0.244 e. The van der Waals surface area contributed by atoms with Crippen LogP contribution in [0.4, 0.5) is 5.69 Å². The maximum atomic E-state index is 13.6. The van der Waals surface area contributed by atoms with E-state index < -0.39 is 28.5 Å². The molecule has 0 spiro atoms. The monoisotopic (exact) mass is 527 g/mol. The van der Waals surface area contributed by atoms with Gasteiger partial charge in [0, 0.05) is 22.6 Å². The van der Waals surface area contributed by atoms with Crippen LogP contribution in [-0.4, -0.2) is 50.0 Å². The van der Waals surface area contributed by atoms with Crippen molar-refractivity contribution in [3.05, 3.63) is 63.6 Å². The zero-order valence-corrected chi connectivity index (χ0v) is 22.3. The van der Waals surface area contributed by atoms with E-state index in [9.17, 15) is 18.0 Å². The van der Waals surface area contributed by atoms with Gasteiger partial charge in [0.15, 0.2) is 0 Å². The van der Waals surface area contributed by atoms with E-state index in [1.807, 2.05) is 13.8 Å². The van der Waals surface area contributed by atoms with E-state index in [2.05, 4.69) is 5.32 Å². The fourth-order valence-electron chi connectivity index (χ4n) is 3.57. The predicted molar refractivity (Wildman–Crippen MR) is 138 cm³/mol. The number of nitrogens with zero attached hydrogens (tertiary/aromatic N) is 2. The summed E-state index contributed by atoms with van der Waals surface area (Å²) in [5.74, 6) is -0.849. The number of carbonyl (C=O) groups excluding carboxylic acids is 2. The van der Waals surface area contributed by atoms with E-state index >= 15 is 0 Å². The summed E-state index contributed by atoms with van der Waals surface area (Å²) in [6.45, 7) is 6.71. The van der Waals surface area contributed by atoms with Gasteiger partial charge in [-0.15, -0.1) is 0 Å². The molecule has 2 rings (SSSR count). The van der Waals surface area contributed by atoms with Gasteiger partial charge >= 0.3 is 0 Å². The summed E-state index contributed by atoms with van der Waals surface area (Å²) in [4.78, 5) is 28.0. The van der Waals surface area contributed by atoms with Crippen LogP contribution in [0.5, 0.6) is 0 Å². The van der Waals surface area contributed by atoms with Gasteiger partial charge in [0.1, 0.15) is 12.6 Å². The van der Waals surface area contributed by atoms with Crippen molar-refractivity contribution in [2.24, 2.45) is 0 Å². The number of hydrogen-bond donors (Lipinski definition) is 1. The van der Waals surface area contributed by atoms with Gasteiger partial charge in [-0.05, 0) is 56.5 Å². The minimum absolute atomic E-state index is 0.0503. The molecule has 0 fully saturated rings. The molecule has 0 heterocycles. The zero-order valence-electron chi connectivity index (χ0n) is 20.0. The Labute approximate surface area is 212 Å². The van der Waals surface area contributed by atoms with Crippen LogP contribution in [0, 0.1) is 6.92 Å². The third-order valence-corrected chi connectivity index (χ3v) is 7.21. The van der Waals surface area contributed by atoms with Crippen LogP contribution in [0.15, 0.2) is 42.5 Å². The summed E-state index contributed by atoms with van der Waals surface area (Å²) in [5, 5.41) is 3.68. The summed E-state index contributed by atoms with van der Waals surface area (Å²) >= 11 is 12.5. The molecular weight excluding hydrogens is 497 g/mol. The summed E-state index contributed by atoms with van der Waals surface area (Å²) < 4.78 is 26.4. The lowest BCUT2D eigenvalue weighted by molar-refractivity contribution is -0.140. The normalized spacial score (nSPS) is 12.4. The second-order valence-electron chi connectivity index (χ2n) is 8.35. The van der Waals surface area contributed by atoms with Crippen molar-refractivity contribution < 1.29 is 18.0 Å². The fourth-order valence-corrected chi connectivity index (χ4v) is 4.84. The molecule has 2 aromatic carbocycles. The molecule has 7 nitrogen and oxygen atoms in total. The molecular formula is C24H31Cl2N3O4S. The van der Waals surface area contributed by atoms with E-state index in [4.69, 9.17) is 23.2 Å². The Bertz CT molecular complexity index is 1140. The molecule has 0 saturated carbocycles. The first-order chi connectivity index (χ1) is 15.9. The molecule has 34 heavy (non-hydrogen) atoms. The van der Waals surface area contributed by atoms with Crippen molar-refractivity contribution in [1.82, 2.24) is 10.2 Å². The quantitative estimate of drug-likeness (QED) is 0.495. The van der Waals surface area contributed by atoms with Gasteiger partial charge in [0.2, 0.25) is 21.8 Å². The zero-order chi connectivity index (χ0) is 25.6. The average Bonchev–Trinajstić information content (AvgIpc) is 2.74. The number of amides is 2. The first-order valence-electron chi connectivity index (χ1n) is 10.9. The highest BCUT2D eigenvalue weighted by Crippen LogP contribution is 2.29. The number of carbonyl (C=O) groups is 2. The van der Waals surface area contributed by atoms with Gasteiger partial charge in [-0.3, -0.25) is 13.9 Å². The highest BCUT2D eigenvalue weighted by atomic mass is 35.5. The smallest absolute Gasteiger partial charge is 0.244 e. The Kier molecular flexibility index (Phi) is 9.79. The largest absolute Gasteiger partial charge is 0.352 e. The first kappa shape index (κ1) is 28.0. The van der Waals surface area contributed by atoms with Gasteiger partial charge in [-0.25, -0.2) is 8.42 Å². The van der Waals surface area contributed by atoms with Gasteiger partial charge in [-0.1, -0.05) is 54.4 Å². The Morgan fingerprint density at radius 3 is 2.21 bits per heavy atom. The molecule has 0 aliphatic carbocycles. The highest BCUT2D eigenvalue weighted by Gasteiger charge is 2.32. The molecule has 0 aliphatic rings. The standard InChI is InChI=1S/C24H31Cl2N3O4S/c1-6-21(24(31)27-16(2)3)28(14-18-10-7-8-11-20(18)26)23(30)15-29(34(5,32)33)22-13-9-12-19(25)17(22)4/h7-13,16,21H,6,14-15H2,1-5H3,(H,27,31). The summed E-state index contributed by atoms with van der Waals surface area (Å²) in [7, 11) is -3.84. The second kappa shape index (κ2) is 11.9. The van der Waals surface area contributed by atoms with Crippen LogP contribution in [0.1, 0.15) is 38.3 Å². The van der Waals surface area contributed by atoms with Gasteiger partial charge in [-0.2, -0.15) is 0 Å². The van der Waals surface area contributed by atoms with Crippen LogP contribution < -0.4 is 9.62 Å². The average molecular weight is 529 g/mol. The van der Waals surface area contributed by atoms with Crippen molar-refractivity contribution in [2.45, 2.75) is 52.7 Å². The van der Waals surface area contributed by atoms with Gasteiger partial charge < -0.3 is 10.2 Å². The minimum atomic E-state index is -3.84. The molecule has 1 atom stereocenters. The van der Waals surface area contributed by atoms with Crippen molar-refractivity contribution in [3.8, 4) is 0 Å². The number of nitrogens with one attached hydrogen (secondary N) is 1. The molecule has 1 unspecified atom stereocenters. The number of hydrogen-bond acceptors (Lipinski definition) is 4. The SMILES string of the molecule is CCC(C(=O)NC(C)C)N(Cc1ccccc1Cl)C(=O)CN(c1cccc(Cl)c1C)S(C)(=O)=O. The number of sulfonamides is 1. The molecule has 186 valence electrons. The van der Waals surface area contributed by atoms with Crippen LogP contribution in [0.25, 0.3) is 0 Å².